The number of carbonyl (C=O) groups is 1. The molecule has 1 aliphatic heterocycles. The van der Waals surface area contributed by atoms with E-state index >= 15 is 0 Å². The zero-order valence-corrected chi connectivity index (χ0v) is 18.0. The number of benzene rings is 1. The summed E-state index contributed by atoms with van der Waals surface area (Å²) in [6.45, 7) is 5.44. The van der Waals surface area contributed by atoms with Crippen LogP contribution in [-0.4, -0.2) is 44.9 Å². The molecule has 2 aromatic heterocycles. The average Bonchev–Trinajstić information content (AvgIpc) is 3.32. The lowest BCUT2D eigenvalue weighted by atomic mass is 10.1. The fraction of sp³-hybridized carbons (Fsp3) is 0.333. The molecule has 9 nitrogen and oxygen atoms in total. The number of aliphatic hydroxyl groups excluding tert-OH is 1. The number of aromatic nitrogens is 3. The van der Waals surface area contributed by atoms with Crippen molar-refractivity contribution in [2.24, 2.45) is 0 Å². The number of halogens is 1. The first kappa shape index (κ1) is 21.1. The van der Waals surface area contributed by atoms with Gasteiger partial charge in [-0.3, -0.25) is 4.90 Å². The van der Waals surface area contributed by atoms with E-state index in [1.54, 1.807) is 25.1 Å². The Bertz CT molecular complexity index is 1090. The second-order valence-corrected chi connectivity index (χ2v) is 7.77. The van der Waals surface area contributed by atoms with Gasteiger partial charge in [-0.05, 0) is 51.1 Å². The van der Waals surface area contributed by atoms with Gasteiger partial charge < -0.3 is 19.6 Å². The number of oxazole rings is 1. The molecule has 4 rings (SSSR count). The molecule has 2 N–H and O–H groups in total. The molecule has 162 valence electrons. The van der Waals surface area contributed by atoms with E-state index in [1.165, 1.54) is 11.1 Å². The number of amides is 1. The Hall–Kier alpha value is -3.17. The number of nitrogens with one attached hydrogen (secondary N) is 1. The van der Waals surface area contributed by atoms with Crippen LogP contribution in [0.5, 0.6) is 0 Å². The first-order valence-electron chi connectivity index (χ1n) is 9.80. The number of hydrogen-bond acceptors (Lipinski definition) is 8. The highest BCUT2D eigenvalue weighted by Crippen LogP contribution is 2.29. The van der Waals surface area contributed by atoms with Crippen molar-refractivity contribution in [2.45, 2.75) is 39.0 Å². The standard InChI is InChI=1S/C21H22ClN5O4/c1-11-18(14-4-6-15(22)7-5-14)31-19(24-11)12(2)25-20-23-9-8-17(26-20)27-16(13(3)28)10-30-21(27)29/h4-9,12-13,16,28H,10H2,1-3H3,(H,23,25,26)/t12-,13+,16?/m0/s1. The van der Waals surface area contributed by atoms with Crippen molar-refractivity contribution in [3.8, 4) is 11.3 Å². The summed E-state index contributed by atoms with van der Waals surface area (Å²) in [6.07, 6.45) is 0.208. The summed E-state index contributed by atoms with van der Waals surface area (Å²) in [5.41, 5.74) is 1.63. The Balaban J connectivity index is 1.54. The van der Waals surface area contributed by atoms with Crippen molar-refractivity contribution in [3.05, 3.63) is 53.1 Å². The summed E-state index contributed by atoms with van der Waals surface area (Å²) in [5.74, 6) is 1.76. The van der Waals surface area contributed by atoms with Gasteiger partial charge in [-0.25, -0.2) is 14.8 Å². The van der Waals surface area contributed by atoms with Crippen molar-refractivity contribution >= 4 is 29.5 Å². The highest BCUT2D eigenvalue weighted by molar-refractivity contribution is 6.30. The summed E-state index contributed by atoms with van der Waals surface area (Å²) in [6, 6.07) is 8.08. The Morgan fingerprint density at radius 2 is 1.97 bits per heavy atom. The van der Waals surface area contributed by atoms with Gasteiger partial charge in [0.05, 0.1) is 11.8 Å². The van der Waals surface area contributed by atoms with Gasteiger partial charge in [0, 0.05) is 16.8 Å². The predicted molar refractivity (Wildman–Crippen MR) is 115 cm³/mol. The maximum Gasteiger partial charge on any atom is 0.416 e. The van der Waals surface area contributed by atoms with Crippen molar-refractivity contribution in [1.82, 2.24) is 15.0 Å². The lowest BCUT2D eigenvalue weighted by Gasteiger charge is -2.22. The molecule has 1 fully saturated rings. The number of nitrogens with zero attached hydrogens (tertiary/aromatic N) is 4. The van der Waals surface area contributed by atoms with Crippen LogP contribution in [0, 0.1) is 6.92 Å². The number of rotatable bonds is 6. The first-order chi connectivity index (χ1) is 14.8. The number of hydrogen-bond donors (Lipinski definition) is 2. The quantitative estimate of drug-likeness (QED) is 0.588. The lowest BCUT2D eigenvalue weighted by Crippen LogP contribution is -2.41. The van der Waals surface area contributed by atoms with E-state index in [-0.39, 0.29) is 18.6 Å². The Labute approximate surface area is 184 Å². The second-order valence-electron chi connectivity index (χ2n) is 7.33. The molecule has 0 spiro atoms. The van der Waals surface area contributed by atoms with Gasteiger partial charge in [-0.15, -0.1) is 0 Å². The second kappa shape index (κ2) is 8.52. The van der Waals surface area contributed by atoms with Crippen LogP contribution in [0.15, 0.2) is 40.9 Å². The molecule has 1 aliphatic rings. The van der Waals surface area contributed by atoms with Crippen LogP contribution in [0.3, 0.4) is 0 Å². The Morgan fingerprint density at radius 1 is 1.23 bits per heavy atom. The Kier molecular flexibility index (Phi) is 5.79. The summed E-state index contributed by atoms with van der Waals surface area (Å²) in [4.78, 5) is 26.6. The van der Waals surface area contributed by atoms with Gasteiger partial charge in [-0.1, -0.05) is 11.6 Å². The van der Waals surface area contributed by atoms with Gasteiger partial charge in [0.15, 0.2) is 5.76 Å². The minimum Gasteiger partial charge on any atom is -0.447 e. The summed E-state index contributed by atoms with van der Waals surface area (Å²) < 4.78 is 11.0. The molecule has 1 amide bonds. The number of aliphatic hydroxyl groups is 1. The molecule has 3 atom stereocenters. The molecule has 1 saturated heterocycles. The normalized spacial score (nSPS) is 18.0. The van der Waals surface area contributed by atoms with E-state index in [2.05, 4.69) is 20.3 Å². The zero-order valence-electron chi connectivity index (χ0n) is 17.2. The van der Waals surface area contributed by atoms with E-state index < -0.39 is 18.2 Å². The van der Waals surface area contributed by atoms with Gasteiger partial charge >= 0.3 is 6.09 Å². The van der Waals surface area contributed by atoms with Crippen LogP contribution in [0.25, 0.3) is 11.3 Å². The molecule has 0 bridgehead atoms. The maximum absolute atomic E-state index is 12.1. The van der Waals surface area contributed by atoms with Crippen molar-refractivity contribution in [3.63, 3.8) is 0 Å². The fourth-order valence-corrected chi connectivity index (χ4v) is 3.46. The minimum absolute atomic E-state index is 0.0999. The third kappa shape index (κ3) is 4.33. The van der Waals surface area contributed by atoms with E-state index in [0.717, 1.165) is 11.3 Å². The molecule has 3 aromatic rings. The molecule has 0 aliphatic carbocycles. The minimum atomic E-state index is -0.765. The van der Waals surface area contributed by atoms with Gasteiger partial charge in [-0.2, -0.15) is 4.98 Å². The summed E-state index contributed by atoms with van der Waals surface area (Å²) >= 11 is 5.96. The summed E-state index contributed by atoms with van der Waals surface area (Å²) in [7, 11) is 0. The molecular formula is C21H22ClN5O4. The topological polar surface area (TPSA) is 114 Å². The average molecular weight is 444 g/mol. The largest absolute Gasteiger partial charge is 0.447 e. The van der Waals surface area contributed by atoms with Crippen molar-refractivity contribution in [1.29, 1.82) is 0 Å². The molecular weight excluding hydrogens is 422 g/mol. The van der Waals surface area contributed by atoms with Gasteiger partial charge in [0.2, 0.25) is 11.8 Å². The third-order valence-electron chi connectivity index (χ3n) is 4.99. The number of anilines is 2. The number of cyclic esters (lactones) is 1. The lowest BCUT2D eigenvalue weighted by molar-refractivity contribution is 0.142. The molecule has 1 unspecified atom stereocenters. The summed E-state index contributed by atoms with van der Waals surface area (Å²) in [5, 5.41) is 13.7. The van der Waals surface area contributed by atoms with Crippen LogP contribution in [0.2, 0.25) is 5.02 Å². The SMILES string of the molecule is Cc1nc([C@H](C)Nc2nccc(N3C(=O)OCC3[C@@H](C)O)n2)oc1-c1ccc(Cl)cc1. The van der Waals surface area contributed by atoms with Gasteiger partial charge in [0.1, 0.15) is 24.5 Å². The first-order valence-corrected chi connectivity index (χ1v) is 10.2. The molecule has 1 aromatic carbocycles. The Morgan fingerprint density at radius 3 is 2.68 bits per heavy atom. The van der Waals surface area contributed by atoms with Crippen LogP contribution in [0.1, 0.15) is 31.5 Å². The molecule has 31 heavy (non-hydrogen) atoms. The van der Waals surface area contributed by atoms with Crippen LogP contribution in [0.4, 0.5) is 16.6 Å². The van der Waals surface area contributed by atoms with E-state index in [4.69, 9.17) is 20.8 Å². The van der Waals surface area contributed by atoms with Crippen LogP contribution in [-0.2, 0) is 4.74 Å². The predicted octanol–water partition coefficient (Wildman–Crippen LogP) is 3.97. The van der Waals surface area contributed by atoms with E-state index in [9.17, 15) is 9.90 Å². The number of ether oxygens (including phenoxy) is 1. The van der Waals surface area contributed by atoms with E-state index in [0.29, 0.717) is 22.5 Å². The molecule has 10 heteroatoms. The maximum atomic E-state index is 12.1. The third-order valence-corrected chi connectivity index (χ3v) is 5.24. The molecule has 0 saturated carbocycles. The zero-order chi connectivity index (χ0) is 22.1. The smallest absolute Gasteiger partial charge is 0.416 e. The van der Waals surface area contributed by atoms with Crippen LogP contribution < -0.4 is 10.2 Å². The van der Waals surface area contributed by atoms with Crippen molar-refractivity contribution in [2.75, 3.05) is 16.8 Å². The van der Waals surface area contributed by atoms with Crippen molar-refractivity contribution < 1.29 is 19.1 Å². The highest BCUT2D eigenvalue weighted by atomic mass is 35.5. The number of aryl methyl sites for hydroxylation is 1. The monoisotopic (exact) mass is 443 g/mol. The molecule has 0 radical (unpaired) electrons. The van der Waals surface area contributed by atoms with Gasteiger partial charge in [0.25, 0.3) is 0 Å². The fourth-order valence-electron chi connectivity index (χ4n) is 3.33. The highest BCUT2D eigenvalue weighted by Gasteiger charge is 2.38. The molecule has 3 heterocycles. The van der Waals surface area contributed by atoms with E-state index in [1.807, 2.05) is 26.0 Å². The van der Waals surface area contributed by atoms with Crippen LogP contribution >= 0.6 is 11.6 Å². The number of carbonyl (C=O) groups excluding carboxylic acids is 1.